The van der Waals surface area contributed by atoms with Crippen molar-refractivity contribution in [2.75, 3.05) is 6.54 Å². The number of hydrogen-bond acceptors (Lipinski definition) is 4. The normalized spacial score (nSPS) is 13.7. The maximum atomic E-state index is 12.8. The molecule has 3 aromatic rings. The molecule has 0 fully saturated rings. The predicted octanol–water partition coefficient (Wildman–Crippen LogP) is 3.88. The van der Waals surface area contributed by atoms with Crippen molar-refractivity contribution < 1.29 is 12.8 Å². The third-order valence-electron chi connectivity index (χ3n) is 4.26. The van der Waals surface area contributed by atoms with Crippen LogP contribution in [0.5, 0.6) is 0 Å². The van der Waals surface area contributed by atoms with E-state index in [1.807, 2.05) is 0 Å². The molecule has 1 aromatic heterocycles. The number of benzene rings is 2. The van der Waals surface area contributed by atoms with Crippen LogP contribution in [0.4, 0.5) is 5.69 Å². The van der Waals surface area contributed by atoms with Crippen LogP contribution in [0.15, 0.2) is 56.7 Å². The van der Waals surface area contributed by atoms with E-state index in [1.165, 1.54) is 24.3 Å². The lowest BCUT2D eigenvalue weighted by molar-refractivity contribution is 0.500. The van der Waals surface area contributed by atoms with Gasteiger partial charge in [0.1, 0.15) is 11.3 Å². The van der Waals surface area contributed by atoms with Crippen LogP contribution in [-0.4, -0.2) is 15.0 Å². The summed E-state index contributed by atoms with van der Waals surface area (Å²) in [6.07, 6.45) is 0.810. The molecule has 7 heteroatoms. The number of rotatable bonds is 2. The molecule has 0 radical (unpaired) electrons. The minimum absolute atomic E-state index is 0. The number of fused-ring (bicyclic) bond motifs is 3. The first-order valence-corrected chi connectivity index (χ1v) is 9.05. The Kier molecular flexibility index (Phi) is 4.56. The number of nitrogens with zero attached hydrogens (tertiary/aromatic N) is 1. The molecule has 0 spiro atoms. The van der Waals surface area contributed by atoms with Gasteiger partial charge in [-0.25, -0.2) is 13.3 Å². The molecule has 0 aliphatic carbocycles. The largest absolute Gasteiger partial charge is 0.461 e. The summed E-state index contributed by atoms with van der Waals surface area (Å²) in [5, 5.41) is 4.13. The molecule has 0 saturated carbocycles. The van der Waals surface area contributed by atoms with Crippen molar-refractivity contribution in [2.24, 2.45) is 0 Å². The minimum Gasteiger partial charge on any atom is -0.461 e. The molecule has 0 unspecified atom stereocenters. The summed E-state index contributed by atoms with van der Waals surface area (Å²) in [5.74, 6) is 0.930. The highest BCUT2D eigenvalue weighted by atomic mass is 35.5. The third kappa shape index (κ3) is 2.91. The molecule has 1 aliphatic rings. The fourth-order valence-corrected chi connectivity index (χ4v) is 4.28. The molecule has 0 atom stereocenters. The fourth-order valence-electron chi connectivity index (χ4n) is 2.99. The number of nitrogens with one attached hydrogen (secondary N) is 1. The summed E-state index contributed by atoms with van der Waals surface area (Å²) in [6, 6.07) is 10.9. The van der Waals surface area contributed by atoms with Gasteiger partial charge < -0.3 is 9.73 Å². The summed E-state index contributed by atoms with van der Waals surface area (Å²) in [4.78, 5) is 3.71. The van der Waals surface area contributed by atoms with Crippen molar-refractivity contribution in [3.05, 3.63) is 65.2 Å². The lowest BCUT2D eigenvalue weighted by Crippen LogP contribution is -2.22. The van der Waals surface area contributed by atoms with E-state index in [0.29, 0.717) is 17.8 Å². The highest BCUT2D eigenvalue weighted by molar-refractivity contribution is 7.91. The van der Waals surface area contributed by atoms with E-state index in [-0.39, 0.29) is 22.2 Å². The summed E-state index contributed by atoms with van der Waals surface area (Å²) in [6.45, 7) is 8.51. The summed E-state index contributed by atoms with van der Waals surface area (Å²) in [5.41, 5.74) is 2.17. The van der Waals surface area contributed by atoms with Gasteiger partial charge in [0.2, 0.25) is 9.84 Å². The minimum atomic E-state index is -3.62. The Morgan fingerprint density at radius 3 is 2.52 bits per heavy atom. The van der Waals surface area contributed by atoms with Crippen molar-refractivity contribution >= 4 is 38.9 Å². The van der Waals surface area contributed by atoms with E-state index in [4.69, 9.17) is 11.0 Å². The zero-order valence-electron chi connectivity index (χ0n) is 13.2. The molecular weight excluding hydrogens is 360 g/mol. The van der Waals surface area contributed by atoms with Gasteiger partial charge in [0, 0.05) is 30.5 Å². The van der Waals surface area contributed by atoms with Crippen LogP contribution < -0.4 is 5.32 Å². The number of hydrogen-bond donors (Lipinski definition) is 1. The Morgan fingerprint density at radius 2 is 1.80 bits per heavy atom. The van der Waals surface area contributed by atoms with E-state index in [9.17, 15) is 8.42 Å². The average molecular weight is 375 g/mol. The molecule has 2 heterocycles. The maximum Gasteiger partial charge on any atom is 0.206 e. The quantitative estimate of drug-likeness (QED) is 0.691. The van der Waals surface area contributed by atoms with Crippen LogP contribution in [-0.2, 0) is 22.8 Å². The van der Waals surface area contributed by atoms with Crippen molar-refractivity contribution in [3.63, 3.8) is 0 Å². The second-order valence-corrected chi connectivity index (χ2v) is 7.65. The highest BCUT2D eigenvalue weighted by Crippen LogP contribution is 2.32. The van der Waals surface area contributed by atoms with Crippen LogP contribution in [0.2, 0.25) is 0 Å². The van der Waals surface area contributed by atoms with Gasteiger partial charge >= 0.3 is 0 Å². The number of sulfone groups is 1. The molecule has 128 valence electrons. The first-order valence-electron chi connectivity index (χ1n) is 7.57. The van der Waals surface area contributed by atoms with Gasteiger partial charge in [-0.05, 0) is 18.2 Å². The van der Waals surface area contributed by atoms with E-state index < -0.39 is 9.84 Å². The van der Waals surface area contributed by atoms with Crippen LogP contribution in [0.3, 0.4) is 0 Å². The number of furan rings is 1. The summed E-state index contributed by atoms with van der Waals surface area (Å²) < 4.78 is 31.5. The molecule has 1 N–H and O–H groups in total. The van der Waals surface area contributed by atoms with Crippen LogP contribution >= 0.6 is 12.4 Å². The van der Waals surface area contributed by atoms with E-state index >= 15 is 0 Å². The Labute approximate surface area is 151 Å². The van der Waals surface area contributed by atoms with Gasteiger partial charge in [0.05, 0.1) is 16.4 Å². The summed E-state index contributed by atoms with van der Waals surface area (Å²) >= 11 is 0. The lowest BCUT2D eigenvalue weighted by atomic mass is 10.1. The van der Waals surface area contributed by atoms with Gasteiger partial charge in [0.15, 0.2) is 5.69 Å². The van der Waals surface area contributed by atoms with Crippen molar-refractivity contribution in [2.45, 2.75) is 22.8 Å². The fraction of sp³-hybridized carbons (Fsp3) is 0.167. The van der Waals surface area contributed by atoms with E-state index in [0.717, 1.165) is 29.7 Å². The van der Waals surface area contributed by atoms with Crippen LogP contribution in [0, 0.1) is 6.57 Å². The molecule has 25 heavy (non-hydrogen) atoms. The smallest absolute Gasteiger partial charge is 0.206 e. The monoisotopic (exact) mass is 374 g/mol. The maximum absolute atomic E-state index is 12.8. The molecule has 2 aromatic carbocycles. The first-order chi connectivity index (χ1) is 11.6. The van der Waals surface area contributed by atoms with Gasteiger partial charge in [-0.3, -0.25) is 0 Å². The zero-order chi connectivity index (χ0) is 16.7. The molecule has 4 rings (SSSR count). The molecular formula is C18H15ClN2O3S. The lowest BCUT2D eigenvalue weighted by Gasteiger charge is -2.11. The standard InChI is InChI=1S/C18H14N2O3S.ClH/c1-19-12-2-4-13(5-3-12)24(21,22)14-6-7-17-15(10-14)16-11-20-9-8-18(16)23-17;/h2-7,10,20H,8-9,11H2;1H. The Bertz CT molecular complexity index is 1080. The highest BCUT2D eigenvalue weighted by Gasteiger charge is 2.22. The predicted molar refractivity (Wildman–Crippen MR) is 97.0 cm³/mol. The van der Waals surface area contributed by atoms with E-state index in [2.05, 4.69) is 10.2 Å². The van der Waals surface area contributed by atoms with Crippen molar-refractivity contribution in [3.8, 4) is 0 Å². The van der Waals surface area contributed by atoms with Gasteiger partial charge in [-0.15, -0.1) is 12.4 Å². The van der Waals surface area contributed by atoms with E-state index in [1.54, 1.807) is 18.2 Å². The van der Waals surface area contributed by atoms with Gasteiger partial charge in [0.25, 0.3) is 0 Å². The van der Waals surface area contributed by atoms with Gasteiger partial charge in [-0.1, -0.05) is 24.3 Å². The topological polar surface area (TPSA) is 63.7 Å². The Morgan fingerprint density at radius 1 is 1.08 bits per heavy atom. The molecule has 0 bridgehead atoms. The third-order valence-corrected chi connectivity index (χ3v) is 6.03. The van der Waals surface area contributed by atoms with Crippen LogP contribution in [0.1, 0.15) is 11.3 Å². The van der Waals surface area contributed by atoms with Gasteiger partial charge in [-0.2, -0.15) is 0 Å². The van der Waals surface area contributed by atoms with Crippen LogP contribution in [0.25, 0.3) is 15.8 Å². The average Bonchev–Trinajstić information content (AvgIpc) is 2.99. The molecule has 1 aliphatic heterocycles. The SMILES string of the molecule is Cl.[C-]#[N+]c1ccc(S(=O)(=O)c2ccc3oc4c(c3c2)CNCC4)cc1. The number of halogens is 1. The summed E-state index contributed by atoms with van der Waals surface area (Å²) in [7, 11) is -3.62. The van der Waals surface area contributed by atoms with Crippen molar-refractivity contribution in [1.29, 1.82) is 0 Å². The van der Waals surface area contributed by atoms with Crippen molar-refractivity contribution in [1.82, 2.24) is 5.32 Å². The first kappa shape index (κ1) is 17.5. The molecule has 0 saturated heterocycles. The second-order valence-electron chi connectivity index (χ2n) is 5.70. The zero-order valence-corrected chi connectivity index (χ0v) is 14.8. The molecule has 0 amide bonds. The molecule has 5 nitrogen and oxygen atoms in total. The second kappa shape index (κ2) is 6.52. The Balaban J connectivity index is 0.00000182. The Hall–Kier alpha value is -2.33.